The molecule has 0 amide bonds. The highest BCUT2D eigenvalue weighted by Gasteiger charge is 2.19. The minimum absolute atomic E-state index is 0.000908. The summed E-state index contributed by atoms with van der Waals surface area (Å²) in [6, 6.07) is 11.4. The first-order valence-corrected chi connectivity index (χ1v) is 8.03. The van der Waals surface area contributed by atoms with Gasteiger partial charge in [-0.25, -0.2) is 4.79 Å². The number of nitrogens with one attached hydrogen (secondary N) is 3. The Kier molecular flexibility index (Phi) is 4.62. The molecule has 0 radical (unpaired) electrons. The van der Waals surface area contributed by atoms with Crippen LogP contribution in [0.3, 0.4) is 0 Å². The molecule has 1 aliphatic rings. The molecule has 1 aromatic carbocycles. The number of H-pyrrole nitrogens is 1. The third-order valence-corrected chi connectivity index (χ3v) is 4.31. The molecular formula is C17H22N4O2. The molecule has 3 N–H and O–H groups in total. The van der Waals surface area contributed by atoms with Crippen LogP contribution in [-0.4, -0.2) is 22.6 Å². The monoisotopic (exact) mass is 314 g/mol. The quantitative estimate of drug-likeness (QED) is 0.801. The van der Waals surface area contributed by atoms with E-state index in [0.29, 0.717) is 5.82 Å². The van der Waals surface area contributed by atoms with E-state index in [1.807, 2.05) is 37.3 Å². The summed E-state index contributed by atoms with van der Waals surface area (Å²) in [6.45, 7) is 3.66. The highest BCUT2D eigenvalue weighted by Crippen LogP contribution is 2.17. The molecule has 2 aromatic rings. The van der Waals surface area contributed by atoms with E-state index in [4.69, 9.17) is 0 Å². The molecule has 2 heterocycles. The van der Waals surface area contributed by atoms with Crippen molar-refractivity contribution in [1.82, 2.24) is 14.9 Å². The van der Waals surface area contributed by atoms with Crippen LogP contribution in [0.25, 0.3) is 0 Å². The maximum absolute atomic E-state index is 12.4. The van der Waals surface area contributed by atoms with Crippen LogP contribution in [0.5, 0.6) is 0 Å². The number of aromatic nitrogens is 2. The molecule has 0 saturated carbocycles. The molecule has 6 heteroatoms. The normalized spacial score (nSPS) is 16.9. The second kappa shape index (κ2) is 6.83. The number of nitrogens with zero attached hydrogens (tertiary/aromatic N) is 1. The lowest BCUT2D eigenvalue weighted by Gasteiger charge is -2.24. The third kappa shape index (κ3) is 3.53. The smallest absolute Gasteiger partial charge is 0.330 e. The molecule has 1 fully saturated rings. The fourth-order valence-corrected chi connectivity index (χ4v) is 3.05. The minimum atomic E-state index is -0.341. The van der Waals surface area contributed by atoms with Gasteiger partial charge in [0.25, 0.3) is 5.56 Å². The number of rotatable bonds is 4. The molecule has 3 rings (SSSR count). The fourth-order valence-electron chi connectivity index (χ4n) is 3.05. The fraction of sp³-hybridized carbons (Fsp3) is 0.412. The van der Waals surface area contributed by atoms with Gasteiger partial charge in [-0.1, -0.05) is 30.3 Å². The molecule has 6 nitrogen and oxygen atoms in total. The summed E-state index contributed by atoms with van der Waals surface area (Å²) in [5, 5.41) is 6.43. The van der Waals surface area contributed by atoms with Gasteiger partial charge in [-0.05, 0) is 38.4 Å². The highest BCUT2D eigenvalue weighted by atomic mass is 16.2. The lowest BCUT2D eigenvalue weighted by molar-refractivity contribution is 0.350. The van der Waals surface area contributed by atoms with Gasteiger partial charge < -0.3 is 10.6 Å². The topological polar surface area (TPSA) is 78.9 Å². The molecule has 23 heavy (non-hydrogen) atoms. The van der Waals surface area contributed by atoms with E-state index in [9.17, 15) is 9.59 Å². The van der Waals surface area contributed by atoms with E-state index in [1.54, 1.807) is 0 Å². The summed E-state index contributed by atoms with van der Waals surface area (Å²) >= 11 is 0. The Bertz CT molecular complexity index is 729. The summed E-state index contributed by atoms with van der Waals surface area (Å²) in [7, 11) is 0. The first kappa shape index (κ1) is 15.6. The number of aromatic amines is 1. The Balaban J connectivity index is 1.82. The Labute approximate surface area is 134 Å². The lowest BCUT2D eigenvalue weighted by Crippen LogP contribution is -2.42. The standard InChI is InChI=1S/C17H22N4O2/c1-12(13-5-3-2-4-6-13)19-15-11-16(22)21(17(23)20-15)14-7-9-18-10-8-14/h2-6,11-12,14,18-19H,7-10H2,1H3,(H,20,23)/t12-/m0/s1. The van der Waals surface area contributed by atoms with Crippen LogP contribution in [-0.2, 0) is 0 Å². The second-order valence-corrected chi connectivity index (χ2v) is 5.95. The van der Waals surface area contributed by atoms with E-state index in [2.05, 4.69) is 15.6 Å². The van der Waals surface area contributed by atoms with Crippen molar-refractivity contribution in [2.75, 3.05) is 18.4 Å². The molecular weight excluding hydrogens is 292 g/mol. The predicted octanol–water partition coefficient (Wildman–Crippen LogP) is 1.63. The van der Waals surface area contributed by atoms with Crippen LogP contribution >= 0.6 is 0 Å². The van der Waals surface area contributed by atoms with Crippen molar-refractivity contribution in [3.05, 3.63) is 62.8 Å². The number of hydrogen-bond acceptors (Lipinski definition) is 4. The molecule has 0 aliphatic carbocycles. The van der Waals surface area contributed by atoms with Crippen molar-refractivity contribution in [3.63, 3.8) is 0 Å². The van der Waals surface area contributed by atoms with Gasteiger partial charge >= 0.3 is 5.69 Å². The molecule has 0 unspecified atom stereocenters. The van der Waals surface area contributed by atoms with Gasteiger partial charge in [0.1, 0.15) is 5.82 Å². The van der Waals surface area contributed by atoms with Crippen molar-refractivity contribution >= 4 is 5.82 Å². The number of benzene rings is 1. The molecule has 1 saturated heterocycles. The van der Waals surface area contributed by atoms with E-state index in [1.165, 1.54) is 10.6 Å². The first-order valence-electron chi connectivity index (χ1n) is 8.03. The van der Waals surface area contributed by atoms with Gasteiger partial charge in [-0.2, -0.15) is 0 Å². The molecule has 1 aliphatic heterocycles. The van der Waals surface area contributed by atoms with Crippen molar-refractivity contribution in [3.8, 4) is 0 Å². The zero-order valence-electron chi connectivity index (χ0n) is 13.2. The summed E-state index contributed by atoms with van der Waals surface area (Å²) in [5.41, 5.74) is 0.506. The van der Waals surface area contributed by atoms with Crippen LogP contribution in [0.15, 0.2) is 46.0 Å². The molecule has 0 bridgehead atoms. The van der Waals surface area contributed by atoms with Gasteiger partial charge in [0.2, 0.25) is 0 Å². The molecule has 1 atom stereocenters. The maximum atomic E-state index is 12.4. The van der Waals surface area contributed by atoms with E-state index >= 15 is 0 Å². The number of anilines is 1. The lowest BCUT2D eigenvalue weighted by atomic mass is 10.1. The average Bonchev–Trinajstić information content (AvgIpc) is 2.56. The second-order valence-electron chi connectivity index (χ2n) is 5.95. The Morgan fingerprint density at radius 3 is 2.52 bits per heavy atom. The first-order chi connectivity index (χ1) is 11.1. The van der Waals surface area contributed by atoms with Crippen LogP contribution in [0.4, 0.5) is 5.82 Å². The highest BCUT2D eigenvalue weighted by molar-refractivity contribution is 5.36. The van der Waals surface area contributed by atoms with E-state index in [-0.39, 0.29) is 23.3 Å². The Hall–Kier alpha value is -2.34. The van der Waals surface area contributed by atoms with Gasteiger partial charge in [-0.15, -0.1) is 0 Å². The summed E-state index contributed by atoms with van der Waals surface area (Å²) in [6.07, 6.45) is 1.60. The van der Waals surface area contributed by atoms with Gasteiger partial charge in [-0.3, -0.25) is 14.3 Å². The molecule has 0 spiro atoms. The molecule has 122 valence electrons. The van der Waals surface area contributed by atoms with Crippen LogP contribution in [0.1, 0.15) is 37.4 Å². The zero-order chi connectivity index (χ0) is 16.2. The van der Waals surface area contributed by atoms with Crippen LogP contribution in [0, 0.1) is 0 Å². The number of piperidine rings is 1. The summed E-state index contributed by atoms with van der Waals surface area (Å²) < 4.78 is 1.35. The van der Waals surface area contributed by atoms with Crippen LogP contribution < -0.4 is 21.9 Å². The predicted molar refractivity (Wildman–Crippen MR) is 90.9 cm³/mol. The van der Waals surface area contributed by atoms with Crippen LogP contribution in [0.2, 0.25) is 0 Å². The summed E-state index contributed by atoms with van der Waals surface area (Å²) in [5.74, 6) is 0.460. The SMILES string of the molecule is C[C@H](Nc1cc(=O)n(C2CCNCC2)c(=O)[nH]1)c1ccccc1. The third-order valence-electron chi connectivity index (χ3n) is 4.31. The van der Waals surface area contributed by atoms with Crippen molar-refractivity contribution < 1.29 is 0 Å². The number of hydrogen-bond donors (Lipinski definition) is 3. The zero-order valence-corrected chi connectivity index (χ0v) is 13.2. The van der Waals surface area contributed by atoms with Gasteiger partial charge in [0, 0.05) is 18.2 Å². The van der Waals surface area contributed by atoms with Gasteiger partial charge in [0.05, 0.1) is 0 Å². The minimum Gasteiger partial charge on any atom is -0.365 e. The largest absolute Gasteiger partial charge is 0.365 e. The van der Waals surface area contributed by atoms with Crippen molar-refractivity contribution in [1.29, 1.82) is 0 Å². The Morgan fingerprint density at radius 1 is 1.17 bits per heavy atom. The van der Waals surface area contributed by atoms with Crippen molar-refractivity contribution in [2.24, 2.45) is 0 Å². The van der Waals surface area contributed by atoms with Crippen molar-refractivity contribution in [2.45, 2.75) is 31.8 Å². The van der Waals surface area contributed by atoms with Gasteiger partial charge in [0.15, 0.2) is 0 Å². The molecule has 1 aromatic heterocycles. The average molecular weight is 314 g/mol. The Morgan fingerprint density at radius 2 is 1.87 bits per heavy atom. The van der Waals surface area contributed by atoms with E-state index in [0.717, 1.165) is 31.5 Å². The maximum Gasteiger partial charge on any atom is 0.330 e. The summed E-state index contributed by atoms with van der Waals surface area (Å²) in [4.78, 5) is 27.5. The van der Waals surface area contributed by atoms with E-state index < -0.39 is 0 Å².